The van der Waals surface area contributed by atoms with Crippen LogP contribution in [-0.2, 0) is 16.4 Å². The molecule has 1 aromatic carbocycles. The van der Waals surface area contributed by atoms with Gasteiger partial charge >= 0.3 is 0 Å². The van der Waals surface area contributed by atoms with Gasteiger partial charge in [-0.2, -0.15) is 0 Å². The first-order valence-corrected chi connectivity index (χ1v) is 9.07. The number of hydrogen-bond donors (Lipinski definition) is 0. The highest BCUT2D eigenvalue weighted by atomic mass is 32.2. The molecule has 1 aliphatic rings. The molecule has 2 heterocycles. The van der Waals surface area contributed by atoms with Crippen molar-refractivity contribution in [2.24, 2.45) is 5.92 Å². The van der Waals surface area contributed by atoms with Crippen LogP contribution in [0, 0.1) is 5.92 Å². The molecule has 0 saturated heterocycles. The lowest BCUT2D eigenvalue weighted by Crippen LogP contribution is -2.38. The molecule has 112 valence electrons. The average Bonchev–Trinajstić information content (AvgIpc) is 3.00. The number of anilines is 1. The van der Waals surface area contributed by atoms with Crippen molar-refractivity contribution in [3.05, 3.63) is 41.3 Å². The van der Waals surface area contributed by atoms with Gasteiger partial charge in [0.1, 0.15) is 9.96 Å². The van der Waals surface area contributed by atoms with Crippen molar-refractivity contribution in [3.63, 3.8) is 0 Å². The van der Waals surface area contributed by atoms with Gasteiger partial charge in [0.25, 0.3) is 10.0 Å². The van der Waals surface area contributed by atoms with E-state index in [9.17, 15) is 8.42 Å². The highest BCUT2D eigenvalue weighted by Crippen LogP contribution is 2.36. The number of rotatable bonds is 3. The highest BCUT2D eigenvalue weighted by Gasteiger charge is 2.32. The van der Waals surface area contributed by atoms with Crippen molar-refractivity contribution in [1.29, 1.82) is 0 Å². The van der Waals surface area contributed by atoms with Gasteiger partial charge in [-0.05, 0) is 47.5 Å². The fourth-order valence-corrected chi connectivity index (χ4v) is 5.39. The summed E-state index contributed by atoms with van der Waals surface area (Å²) in [5.74, 6) is 1.04. The number of methoxy groups -OCH3 is 1. The Morgan fingerprint density at radius 1 is 1.33 bits per heavy atom. The van der Waals surface area contributed by atoms with Crippen molar-refractivity contribution in [2.75, 3.05) is 18.0 Å². The fourth-order valence-electron chi connectivity index (χ4n) is 2.66. The molecule has 1 aromatic heterocycles. The summed E-state index contributed by atoms with van der Waals surface area (Å²) in [4.78, 5) is 0. The van der Waals surface area contributed by atoms with Crippen LogP contribution in [0.5, 0.6) is 5.75 Å². The van der Waals surface area contributed by atoms with E-state index in [0.717, 1.165) is 23.4 Å². The molecule has 0 N–H and O–H groups in total. The smallest absolute Gasteiger partial charge is 0.273 e. The summed E-state index contributed by atoms with van der Waals surface area (Å²) in [6.45, 7) is 2.58. The van der Waals surface area contributed by atoms with Crippen molar-refractivity contribution in [1.82, 2.24) is 0 Å². The summed E-state index contributed by atoms with van der Waals surface area (Å²) in [5.41, 5.74) is 1.79. The van der Waals surface area contributed by atoms with Gasteiger partial charge in [-0.1, -0.05) is 13.0 Å². The number of fused-ring (bicyclic) bond motifs is 1. The predicted molar refractivity (Wildman–Crippen MR) is 84.7 cm³/mol. The zero-order valence-electron chi connectivity index (χ0n) is 11.9. The van der Waals surface area contributed by atoms with E-state index in [1.165, 1.54) is 15.6 Å². The van der Waals surface area contributed by atoms with Gasteiger partial charge < -0.3 is 4.74 Å². The molecule has 0 fully saturated rings. The zero-order valence-corrected chi connectivity index (χ0v) is 13.6. The largest absolute Gasteiger partial charge is 0.497 e. The van der Waals surface area contributed by atoms with Crippen LogP contribution in [0.1, 0.15) is 12.5 Å². The van der Waals surface area contributed by atoms with E-state index in [4.69, 9.17) is 4.74 Å². The van der Waals surface area contributed by atoms with Crippen LogP contribution < -0.4 is 9.04 Å². The first kappa shape index (κ1) is 14.4. The molecule has 0 aliphatic carbocycles. The molecule has 0 radical (unpaired) electrons. The van der Waals surface area contributed by atoms with Gasteiger partial charge in [0, 0.05) is 6.54 Å². The van der Waals surface area contributed by atoms with Crippen molar-refractivity contribution in [3.8, 4) is 5.75 Å². The standard InChI is InChI=1S/C15H17NO3S2/c1-11-8-12-9-13(19-2)5-6-14(12)16(10-11)21(17,18)15-4-3-7-20-15/h3-7,9,11H,8,10H2,1-2H3. The van der Waals surface area contributed by atoms with E-state index in [-0.39, 0.29) is 5.92 Å². The van der Waals surface area contributed by atoms with Crippen LogP contribution in [0.15, 0.2) is 39.9 Å². The van der Waals surface area contributed by atoms with Gasteiger partial charge in [0.15, 0.2) is 0 Å². The molecule has 0 spiro atoms. The van der Waals surface area contributed by atoms with Crippen LogP contribution in [0.3, 0.4) is 0 Å². The third-order valence-electron chi connectivity index (χ3n) is 3.64. The Kier molecular flexibility index (Phi) is 3.67. The van der Waals surface area contributed by atoms with E-state index < -0.39 is 10.0 Å². The number of sulfonamides is 1. The number of benzene rings is 1. The van der Waals surface area contributed by atoms with E-state index in [1.54, 1.807) is 24.6 Å². The van der Waals surface area contributed by atoms with E-state index in [2.05, 4.69) is 6.92 Å². The molecule has 1 aliphatic heterocycles. The third-order valence-corrected chi connectivity index (χ3v) is 6.79. The third kappa shape index (κ3) is 2.53. The van der Waals surface area contributed by atoms with Gasteiger partial charge in [-0.3, -0.25) is 4.31 Å². The molecular weight excluding hydrogens is 306 g/mol. The fraction of sp³-hybridized carbons (Fsp3) is 0.333. The van der Waals surface area contributed by atoms with Crippen LogP contribution in [-0.4, -0.2) is 22.1 Å². The first-order valence-electron chi connectivity index (χ1n) is 6.75. The van der Waals surface area contributed by atoms with Crippen LogP contribution in [0.4, 0.5) is 5.69 Å². The normalized spacial score (nSPS) is 18.4. The maximum atomic E-state index is 12.8. The van der Waals surface area contributed by atoms with Gasteiger partial charge in [-0.15, -0.1) is 11.3 Å². The second-order valence-electron chi connectivity index (χ2n) is 5.27. The second kappa shape index (κ2) is 5.35. The van der Waals surface area contributed by atoms with E-state index in [1.807, 2.05) is 18.2 Å². The summed E-state index contributed by atoms with van der Waals surface area (Å²) < 4.78 is 32.8. The first-order chi connectivity index (χ1) is 10.0. The molecule has 1 atom stereocenters. The predicted octanol–water partition coefficient (Wildman–Crippen LogP) is 3.14. The molecule has 0 amide bonds. The Morgan fingerprint density at radius 2 is 2.14 bits per heavy atom. The molecule has 4 nitrogen and oxygen atoms in total. The van der Waals surface area contributed by atoms with Gasteiger partial charge in [0.2, 0.25) is 0 Å². The summed E-state index contributed by atoms with van der Waals surface area (Å²) in [6.07, 6.45) is 0.864. The molecule has 6 heteroatoms. The van der Waals surface area contributed by atoms with Gasteiger partial charge in [-0.25, -0.2) is 8.42 Å². The number of hydrogen-bond acceptors (Lipinski definition) is 4. The zero-order chi connectivity index (χ0) is 15.0. The maximum absolute atomic E-state index is 12.8. The van der Waals surface area contributed by atoms with E-state index >= 15 is 0 Å². The summed E-state index contributed by atoms with van der Waals surface area (Å²) in [6, 6.07) is 9.00. The molecule has 21 heavy (non-hydrogen) atoms. The minimum absolute atomic E-state index is 0.277. The lowest BCUT2D eigenvalue weighted by atomic mass is 9.95. The topological polar surface area (TPSA) is 46.6 Å². The summed E-state index contributed by atoms with van der Waals surface area (Å²) in [5, 5.41) is 1.79. The summed E-state index contributed by atoms with van der Waals surface area (Å²) in [7, 11) is -1.85. The Labute approximate surface area is 129 Å². The molecule has 3 rings (SSSR count). The Bertz CT molecular complexity index is 738. The molecule has 1 unspecified atom stereocenters. The quantitative estimate of drug-likeness (QED) is 0.872. The Morgan fingerprint density at radius 3 is 2.81 bits per heavy atom. The number of nitrogens with zero attached hydrogens (tertiary/aromatic N) is 1. The molecule has 0 bridgehead atoms. The van der Waals surface area contributed by atoms with Crippen molar-refractivity contribution >= 4 is 27.0 Å². The lowest BCUT2D eigenvalue weighted by molar-refractivity contribution is 0.413. The van der Waals surface area contributed by atoms with Crippen LogP contribution >= 0.6 is 11.3 Å². The van der Waals surface area contributed by atoms with Crippen molar-refractivity contribution < 1.29 is 13.2 Å². The van der Waals surface area contributed by atoms with Crippen molar-refractivity contribution in [2.45, 2.75) is 17.6 Å². The average molecular weight is 323 g/mol. The molecule has 2 aromatic rings. The summed E-state index contributed by atoms with van der Waals surface area (Å²) >= 11 is 1.25. The second-order valence-corrected chi connectivity index (χ2v) is 8.31. The lowest BCUT2D eigenvalue weighted by Gasteiger charge is -2.33. The van der Waals surface area contributed by atoms with E-state index in [0.29, 0.717) is 10.8 Å². The Balaban J connectivity index is 2.10. The van der Waals surface area contributed by atoms with Crippen LogP contribution in [0.25, 0.3) is 0 Å². The van der Waals surface area contributed by atoms with Gasteiger partial charge in [0.05, 0.1) is 12.8 Å². The number of thiophene rings is 1. The maximum Gasteiger partial charge on any atom is 0.273 e. The minimum Gasteiger partial charge on any atom is -0.497 e. The SMILES string of the molecule is COc1ccc2c(c1)CC(C)CN2S(=O)(=O)c1cccs1. The van der Waals surface area contributed by atoms with Crippen LogP contribution in [0.2, 0.25) is 0 Å². The molecule has 0 saturated carbocycles. The minimum atomic E-state index is -3.47. The highest BCUT2D eigenvalue weighted by molar-refractivity contribution is 7.94. The Hall–Kier alpha value is -1.53. The number of ether oxygens (including phenoxy) is 1. The molecular formula is C15H17NO3S2. The monoisotopic (exact) mass is 323 g/mol.